The molecule has 1 nitrogen and oxygen atoms in total. The molecule has 1 aliphatic rings. The van der Waals surface area contributed by atoms with E-state index < -0.39 is 0 Å². The summed E-state index contributed by atoms with van der Waals surface area (Å²) in [6.07, 6.45) is 4.04. The highest BCUT2D eigenvalue weighted by molar-refractivity contribution is 5.46. The molecule has 1 saturated carbocycles. The van der Waals surface area contributed by atoms with Gasteiger partial charge in [0.15, 0.2) is 5.69 Å². The molecule has 1 heteroatoms. The SMILES string of the molecule is [C-]#[N+]c1ccc([C@@H]2C[C@H](C)CC[C@H]2C(C)C)cc1. The minimum absolute atomic E-state index is 0.688. The van der Waals surface area contributed by atoms with Gasteiger partial charge in [0.05, 0.1) is 6.57 Å². The highest BCUT2D eigenvalue weighted by Crippen LogP contribution is 2.44. The van der Waals surface area contributed by atoms with Crippen LogP contribution in [-0.2, 0) is 0 Å². The second kappa shape index (κ2) is 5.57. The summed E-state index contributed by atoms with van der Waals surface area (Å²) in [5.74, 6) is 3.09. The highest BCUT2D eigenvalue weighted by Gasteiger charge is 2.31. The lowest BCUT2D eigenvalue weighted by Crippen LogP contribution is -2.26. The topological polar surface area (TPSA) is 4.36 Å². The van der Waals surface area contributed by atoms with Crippen molar-refractivity contribution in [3.05, 3.63) is 41.2 Å². The average Bonchev–Trinajstić information content (AvgIpc) is 2.38. The zero-order chi connectivity index (χ0) is 13.1. The smallest absolute Gasteiger partial charge is 0.187 e. The predicted octanol–water partition coefficient (Wildman–Crippen LogP) is 5.41. The van der Waals surface area contributed by atoms with Crippen molar-refractivity contribution in [3.8, 4) is 0 Å². The molecule has 3 atom stereocenters. The molecule has 0 unspecified atom stereocenters. The molecule has 0 spiro atoms. The molecule has 96 valence electrons. The first-order valence-corrected chi connectivity index (χ1v) is 7.09. The number of hydrogen-bond donors (Lipinski definition) is 0. The van der Waals surface area contributed by atoms with E-state index in [1.54, 1.807) is 0 Å². The summed E-state index contributed by atoms with van der Waals surface area (Å²) in [6, 6.07) is 8.29. The van der Waals surface area contributed by atoms with Gasteiger partial charge < -0.3 is 0 Å². The van der Waals surface area contributed by atoms with Crippen LogP contribution in [0.15, 0.2) is 24.3 Å². The van der Waals surface area contributed by atoms with Gasteiger partial charge in [-0.2, -0.15) is 0 Å². The Bertz CT molecular complexity index is 424. The van der Waals surface area contributed by atoms with Gasteiger partial charge in [-0.3, -0.25) is 0 Å². The van der Waals surface area contributed by atoms with Gasteiger partial charge in [-0.1, -0.05) is 51.5 Å². The van der Waals surface area contributed by atoms with Crippen LogP contribution in [0.3, 0.4) is 0 Å². The van der Waals surface area contributed by atoms with E-state index in [4.69, 9.17) is 6.57 Å². The molecule has 1 aromatic carbocycles. The Morgan fingerprint density at radius 3 is 2.39 bits per heavy atom. The van der Waals surface area contributed by atoms with E-state index in [2.05, 4.69) is 37.7 Å². The van der Waals surface area contributed by atoms with E-state index in [0.29, 0.717) is 5.92 Å². The molecule has 18 heavy (non-hydrogen) atoms. The van der Waals surface area contributed by atoms with Gasteiger partial charge >= 0.3 is 0 Å². The number of hydrogen-bond acceptors (Lipinski definition) is 0. The van der Waals surface area contributed by atoms with Gasteiger partial charge in [0.25, 0.3) is 0 Å². The summed E-state index contributed by atoms with van der Waals surface area (Å²) in [7, 11) is 0. The van der Waals surface area contributed by atoms with Gasteiger partial charge in [-0.15, -0.1) is 0 Å². The Balaban J connectivity index is 2.23. The van der Waals surface area contributed by atoms with E-state index in [-0.39, 0.29) is 0 Å². The van der Waals surface area contributed by atoms with Crippen molar-refractivity contribution in [2.75, 3.05) is 0 Å². The van der Waals surface area contributed by atoms with Crippen molar-refractivity contribution in [3.63, 3.8) is 0 Å². The largest absolute Gasteiger partial charge is 0.238 e. The number of nitrogens with zero attached hydrogens (tertiary/aromatic N) is 1. The summed E-state index contributed by atoms with van der Waals surface area (Å²) < 4.78 is 0. The molecule has 0 N–H and O–H groups in total. The molecule has 0 heterocycles. The molecule has 1 aliphatic carbocycles. The van der Waals surface area contributed by atoms with Gasteiger partial charge in [-0.05, 0) is 42.1 Å². The molecule has 0 bridgehead atoms. The summed E-state index contributed by atoms with van der Waals surface area (Å²) in [5, 5.41) is 0. The van der Waals surface area contributed by atoms with E-state index in [1.165, 1.54) is 24.8 Å². The van der Waals surface area contributed by atoms with Crippen LogP contribution in [0.2, 0.25) is 0 Å². The quantitative estimate of drug-likeness (QED) is 0.609. The third-order valence-corrected chi connectivity index (χ3v) is 4.47. The molecule has 0 saturated heterocycles. The van der Waals surface area contributed by atoms with Crippen molar-refractivity contribution in [2.45, 2.75) is 46.0 Å². The fourth-order valence-electron chi connectivity index (χ4n) is 3.38. The second-order valence-corrected chi connectivity index (χ2v) is 6.14. The second-order valence-electron chi connectivity index (χ2n) is 6.14. The predicted molar refractivity (Wildman–Crippen MR) is 76.8 cm³/mol. The molecule has 1 aromatic rings. The lowest BCUT2D eigenvalue weighted by Gasteiger charge is -2.37. The molecule has 1 fully saturated rings. The van der Waals surface area contributed by atoms with Crippen molar-refractivity contribution >= 4 is 5.69 Å². The molecule has 2 rings (SSSR count). The third-order valence-electron chi connectivity index (χ3n) is 4.47. The summed E-state index contributed by atoms with van der Waals surface area (Å²) in [5.41, 5.74) is 2.19. The zero-order valence-electron chi connectivity index (χ0n) is 11.7. The van der Waals surface area contributed by atoms with Crippen molar-refractivity contribution < 1.29 is 0 Å². The first-order chi connectivity index (χ1) is 8.61. The maximum absolute atomic E-state index is 7.02. The Labute approximate surface area is 111 Å². The summed E-state index contributed by atoms with van der Waals surface area (Å²) in [4.78, 5) is 3.48. The van der Waals surface area contributed by atoms with E-state index >= 15 is 0 Å². The van der Waals surface area contributed by atoms with Crippen LogP contribution >= 0.6 is 0 Å². The minimum atomic E-state index is 0.688. The zero-order valence-corrected chi connectivity index (χ0v) is 11.7. The van der Waals surface area contributed by atoms with Crippen LogP contribution in [0.5, 0.6) is 0 Å². The van der Waals surface area contributed by atoms with E-state index in [1.807, 2.05) is 12.1 Å². The average molecular weight is 241 g/mol. The van der Waals surface area contributed by atoms with Gasteiger partial charge in [0, 0.05) is 0 Å². The first-order valence-electron chi connectivity index (χ1n) is 7.09. The lowest BCUT2D eigenvalue weighted by atomic mass is 9.67. The van der Waals surface area contributed by atoms with Crippen LogP contribution in [0.1, 0.15) is 51.5 Å². The van der Waals surface area contributed by atoms with Crippen LogP contribution in [-0.4, -0.2) is 0 Å². The van der Waals surface area contributed by atoms with Crippen LogP contribution in [0, 0.1) is 24.3 Å². The Kier molecular flexibility index (Phi) is 4.07. The van der Waals surface area contributed by atoms with Gasteiger partial charge in [-0.25, -0.2) is 4.85 Å². The van der Waals surface area contributed by atoms with E-state index in [9.17, 15) is 0 Å². The molecule has 0 aliphatic heterocycles. The Hall–Kier alpha value is -1.29. The highest BCUT2D eigenvalue weighted by atomic mass is 14.6. The van der Waals surface area contributed by atoms with E-state index in [0.717, 1.165) is 23.4 Å². The summed E-state index contributed by atoms with van der Waals surface area (Å²) in [6.45, 7) is 14.1. The molecule has 0 amide bonds. The Morgan fingerprint density at radius 1 is 1.17 bits per heavy atom. The summed E-state index contributed by atoms with van der Waals surface area (Å²) >= 11 is 0. The molecular formula is C17H23N. The maximum Gasteiger partial charge on any atom is 0.187 e. The number of rotatable bonds is 2. The monoisotopic (exact) mass is 241 g/mol. The maximum atomic E-state index is 7.02. The normalized spacial score (nSPS) is 28.1. The fourth-order valence-corrected chi connectivity index (χ4v) is 3.38. The Morgan fingerprint density at radius 2 is 1.83 bits per heavy atom. The van der Waals surface area contributed by atoms with Gasteiger partial charge in [0.1, 0.15) is 0 Å². The molecule has 0 radical (unpaired) electrons. The van der Waals surface area contributed by atoms with Crippen molar-refractivity contribution in [1.82, 2.24) is 0 Å². The lowest BCUT2D eigenvalue weighted by molar-refractivity contribution is 0.197. The molecular weight excluding hydrogens is 218 g/mol. The van der Waals surface area contributed by atoms with Gasteiger partial charge in [0.2, 0.25) is 0 Å². The van der Waals surface area contributed by atoms with Crippen LogP contribution in [0.4, 0.5) is 5.69 Å². The number of benzene rings is 1. The first kappa shape index (κ1) is 13.1. The standard InChI is InChI=1S/C17H23N/c1-12(2)16-10-5-13(3)11-17(16)14-6-8-15(18-4)9-7-14/h6-9,12-13,16-17H,5,10-11H2,1-3H3/t13-,16+,17+/m1/s1. The fraction of sp³-hybridized carbons (Fsp3) is 0.588. The third kappa shape index (κ3) is 2.75. The van der Waals surface area contributed by atoms with Crippen molar-refractivity contribution in [2.24, 2.45) is 17.8 Å². The minimum Gasteiger partial charge on any atom is -0.238 e. The molecule has 0 aromatic heterocycles. The van der Waals surface area contributed by atoms with Crippen LogP contribution in [0.25, 0.3) is 4.85 Å². The van der Waals surface area contributed by atoms with Crippen molar-refractivity contribution in [1.29, 1.82) is 0 Å². The van der Waals surface area contributed by atoms with Crippen LogP contribution < -0.4 is 0 Å².